The van der Waals surface area contributed by atoms with Gasteiger partial charge in [0.05, 0.1) is 17.2 Å². The SMILES string of the molecule is N#Cc1ccc(N2CCC(c3ccc(C=O)cc3)CC2)cc1C(F)(F)F. The zero-order valence-corrected chi connectivity index (χ0v) is 14.0. The molecule has 0 N–H and O–H groups in total. The summed E-state index contributed by atoms with van der Waals surface area (Å²) in [5, 5.41) is 8.90. The van der Waals surface area contributed by atoms with E-state index in [1.807, 2.05) is 17.0 Å². The monoisotopic (exact) mass is 358 g/mol. The number of carbonyl (C=O) groups excluding carboxylic acids is 1. The summed E-state index contributed by atoms with van der Waals surface area (Å²) in [5.74, 6) is 0.326. The summed E-state index contributed by atoms with van der Waals surface area (Å²) in [4.78, 5) is 12.7. The molecule has 26 heavy (non-hydrogen) atoms. The number of alkyl halides is 3. The molecule has 0 amide bonds. The van der Waals surface area contributed by atoms with E-state index in [4.69, 9.17) is 5.26 Å². The number of rotatable bonds is 3. The van der Waals surface area contributed by atoms with Crippen LogP contribution in [0.15, 0.2) is 42.5 Å². The highest BCUT2D eigenvalue weighted by Gasteiger charge is 2.34. The first-order valence-corrected chi connectivity index (χ1v) is 8.34. The molecule has 0 spiro atoms. The maximum absolute atomic E-state index is 13.1. The van der Waals surface area contributed by atoms with E-state index in [1.54, 1.807) is 24.3 Å². The Balaban J connectivity index is 1.73. The molecule has 6 heteroatoms. The van der Waals surface area contributed by atoms with Crippen molar-refractivity contribution in [3.05, 3.63) is 64.7 Å². The van der Waals surface area contributed by atoms with Crippen LogP contribution in [0.2, 0.25) is 0 Å². The molecule has 0 bridgehead atoms. The van der Waals surface area contributed by atoms with Gasteiger partial charge in [-0.25, -0.2) is 0 Å². The molecule has 1 aliphatic heterocycles. The Hall–Kier alpha value is -2.81. The summed E-state index contributed by atoms with van der Waals surface area (Å²) in [6.45, 7) is 1.28. The van der Waals surface area contributed by atoms with Gasteiger partial charge in [0.15, 0.2) is 0 Å². The fraction of sp³-hybridized carbons (Fsp3) is 0.300. The third kappa shape index (κ3) is 3.72. The molecule has 0 aromatic heterocycles. The molecule has 3 rings (SSSR count). The average molecular weight is 358 g/mol. The Morgan fingerprint density at radius 2 is 1.73 bits per heavy atom. The van der Waals surface area contributed by atoms with E-state index in [-0.39, 0.29) is 5.56 Å². The van der Waals surface area contributed by atoms with Crippen LogP contribution >= 0.6 is 0 Å². The number of hydrogen-bond donors (Lipinski definition) is 0. The lowest BCUT2D eigenvalue weighted by Gasteiger charge is -2.34. The molecule has 2 aromatic carbocycles. The highest BCUT2D eigenvalue weighted by Crippen LogP contribution is 2.36. The number of piperidine rings is 1. The molecular weight excluding hydrogens is 341 g/mol. The average Bonchev–Trinajstić information content (AvgIpc) is 2.67. The third-order valence-electron chi connectivity index (χ3n) is 4.83. The van der Waals surface area contributed by atoms with E-state index in [2.05, 4.69) is 0 Å². The summed E-state index contributed by atoms with van der Waals surface area (Å²) < 4.78 is 39.4. The van der Waals surface area contributed by atoms with Crippen molar-refractivity contribution < 1.29 is 18.0 Å². The Morgan fingerprint density at radius 1 is 1.08 bits per heavy atom. The van der Waals surface area contributed by atoms with E-state index in [9.17, 15) is 18.0 Å². The van der Waals surface area contributed by atoms with Crippen LogP contribution in [0.4, 0.5) is 18.9 Å². The van der Waals surface area contributed by atoms with Crippen molar-refractivity contribution in [1.82, 2.24) is 0 Å². The molecule has 0 radical (unpaired) electrons. The maximum Gasteiger partial charge on any atom is 0.417 e. The van der Waals surface area contributed by atoms with Crippen molar-refractivity contribution in [1.29, 1.82) is 5.26 Å². The number of hydrogen-bond acceptors (Lipinski definition) is 3. The lowest BCUT2D eigenvalue weighted by molar-refractivity contribution is -0.137. The topological polar surface area (TPSA) is 44.1 Å². The van der Waals surface area contributed by atoms with E-state index < -0.39 is 11.7 Å². The zero-order chi connectivity index (χ0) is 18.7. The molecule has 0 saturated carbocycles. The second-order valence-corrected chi connectivity index (χ2v) is 6.39. The fourth-order valence-electron chi connectivity index (χ4n) is 3.38. The minimum Gasteiger partial charge on any atom is -0.371 e. The Morgan fingerprint density at radius 3 is 2.27 bits per heavy atom. The first-order chi connectivity index (χ1) is 12.4. The van der Waals surface area contributed by atoms with Crippen LogP contribution in [0.25, 0.3) is 0 Å². The molecule has 2 aromatic rings. The van der Waals surface area contributed by atoms with Gasteiger partial charge in [0.1, 0.15) is 6.29 Å². The van der Waals surface area contributed by atoms with Crippen molar-refractivity contribution in [3.8, 4) is 6.07 Å². The highest BCUT2D eigenvalue weighted by molar-refractivity contribution is 5.74. The molecular formula is C20H17F3N2O. The predicted octanol–water partition coefficient (Wildman–Crippen LogP) is 4.77. The molecule has 1 aliphatic rings. The maximum atomic E-state index is 13.1. The second-order valence-electron chi connectivity index (χ2n) is 6.39. The van der Waals surface area contributed by atoms with Gasteiger partial charge in [0.25, 0.3) is 0 Å². The predicted molar refractivity (Wildman–Crippen MR) is 92.2 cm³/mol. The summed E-state index contributed by atoms with van der Waals surface area (Å²) in [5.41, 5.74) is 1.02. The second kappa shape index (κ2) is 7.20. The largest absolute Gasteiger partial charge is 0.417 e. The summed E-state index contributed by atoms with van der Waals surface area (Å²) in [6.07, 6.45) is -2.10. The molecule has 0 unspecified atom stereocenters. The van der Waals surface area contributed by atoms with Gasteiger partial charge in [-0.1, -0.05) is 24.3 Å². The number of nitrogens with zero attached hydrogens (tertiary/aromatic N) is 2. The molecule has 3 nitrogen and oxygen atoms in total. The fourth-order valence-corrected chi connectivity index (χ4v) is 3.38. The standard InChI is InChI=1S/C20H17F3N2O/c21-20(22,23)19-11-18(6-5-17(19)12-24)25-9-7-16(8-10-25)15-3-1-14(13-26)2-4-15/h1-6,11,13,16H,7-10H2. The van der Waals surface area contributed by atoms with Gasteiger partial charge in [0.2, 0.25) is 0 Å². The van der Waals surface area contributed by atoms with E-state index in [0.717, 1.165) is 30.8 Å². The van der Waals surface area contributed by atoms with Crippen LogP contribution in [-0.2, 0) is 6.18 Å². The van der Waals surface area contributed by atoms with Crippen LogP contribution in [0.5, 0.6) is 0 Å². The van der Waals surface area contributed by atoms with Crippen molar-refractivity contribution in [3.63, 3.8) is 0 Å². The van der Waals surface area contributed by atoms with E-state index in [0.29, 0.717) is 30.3 Å². The molecule has 0 atom stereocenters. The minimum atomic E-state index is -4.54. The molecule has 0 aliphatic carbocycles. The van der Waals surface area contributed by atoms with Crippen LogP contribution in [0, 0.1) is 11.3 Å². The summed E-state index contributed by atoms with van der Waals surface area (Å²) in [6, 6.07) is 12.9. The Kier molecular flexibility index (Phi) is 4.99. The smallest absolute Gasteiger partial charge is 0.371 e. The van der Waals surface area contributed by atoms with Crippen molar-refractivity contribution in [2.75, 3.05) is 18.0 Å². The number of nitriles is 1. The summed E-state index contributed by atoms with van der Waals surface area (Å²) in [7, 11) is 0. The number of carbonyl (C=O) groups is 1. The van der Waals surface area contributed by atoms with Crippen molar-refractivity contribution >= 4 is 12.0 Å². The van der Waals surface area contributed by atoms with E-state index >= 15 is 0 Å². The van der Waals surface area contributed by atoms with Crippen molar-refractivity contribution in [2.45, 2.75) is 24.9 Å². The number of benzene rings is 2. The Bertz CT molecular complexity index is 830. The first-order valence-electron chi connectivity index (χ1n) is 8.34. The molecule has 134 valence electrons. The zero-order valence-electron chi connectivity index (χ0n) is 14.0. The first kappa shape index (κ1) is 18.0. The normalized spacial score (nSPS) is 15.5. The quantitative estimate of drug-likeness (QED) is 0.742. The Labute approximate surface area is 149 Å². The number of aldehydes is 1. The lowest BCUT2D eigenvalue weighted by atomic mass is 9.88. The van der Waals surface area contributed by atoms with Gasteiger partial charge in [-0.2, -0.15) is 18.4 Å². The number of halogens is 3. The van der Waals surface area contributed by atoms with Gasteiger partial charge in [-0.05, 0) is 42.5 Å². The van der Waals surface area contributed by atoms with Gasteiger partial charge >= 0.3 is 6.18 Å². The highest BCUT2D eigenvalue weighted by atomic mass is 19.4. The molecule has 1 saturated heterocycles. The summed E-state index contributed by atoms with van der Waals surface area (Å²) >= 11 is 0. The molecule has 1 heterocycles. The molecule has 1 fully saturated rings. The lowest BCUT2D eigenvalue weighted by Crippen LogP contribution is -2.33. The van der Waals surface area contributed by atoms with E-state index in [1.165, 1.54) is 6.07 Å². The van der Waals surface area contributed by atoms with Gasteiger partial charge in [0, 0.05) is 24.3 Å². The van der Waals surface area contributed by atoms with Crippen LogP contribution in [0.1, 0.15) is 45.8 Å². The number of anilines is 1. The van der Waals surface area contributed by atoms with Crippen LogP contribution in [0.3, 0.4) is 0 Å². The minimum absolute atomic E-state index is 0.326. The van der Waals surface area contributed by atoms with Crippen LogP contribution in [-0.4, -0.2) is 19.4 Å². The van der Waals surface area contributed by atoms with Crippen LogP contribution < -0.4 is 4.90 Å². The van der Waals surface area contributed by atoms with Gasteiger partial charge in [-0.3, -0.25) is 4.79 Å². The van der Waals surface area contributed by atoms with Gasteiger partial charge < -0.3 is 4.90 Å². The van der Waals surface area contributed by atoms with Gasteiger partial charge in [-0.15, -0.1) is 0 Å². The van der Waals surface area contributed by atoms with Crippen molar-refractivity contribution in [2.24, 2.45) is 0 Å². The third-order valence-corrected chi connectivity index (χ3v) is 4.83.